The number of anilines is 3. The van der Waals surface area contributed by atoms with Crippen molar-refractivity contribution in [2.75, 3.05) is 33.8 Å². The highest BCUT2D eigenvalue weighted by Crippen LogP contribution is 2.30. The number of nitrogens with zero attached hydrogens (tertiary/aromatic N) is 2. The molecular formula is C20H23N5O3S. The molecule has 1 aliphatic rings. The lowest BCUT2D eigenvalue weighted by molar-refractivity contribution is -0.115. The average molecular weight is 414 g/mol. The predicted molar refractivity (Wildman–Crippen MR) is 115 cm³/mol. The number of fused-ring (bicyclic) bond motifs is 1. The molecule has 1 fully saturated rings. The van der Waals surface area contributed by atoms with Gasteiger partial charge in [0.25, 0.3) is 0 Å². The molecule has 0 bridgehead atoms. The maximum Gasteiger partial charge on any atom is 0.235 e. The van der Waals surface area contributed by atoms with Crippen LogP contribution in [-0.4, -0.2) is 43.4 Å². The highest BCUT2D eigenvalue weighted by molar-refractivity contribution is 7.93. The topological polar surface area (TPSA) is 107 Å². The van der Waals surface area contributed by atoms with Crippen molar-refractivity contribution >= 4 is 44.0 Å². The Morgan fingerprint density at radius 3 is 2.69 bits per heavy atom. The zero-order valence-electron chi connectivity index (χ0n) is 16.1. The minimum absolute atomic E-state index is 0.159. The minimum atomic E-state index is -3.27. The number of amides is 1. The molecule has 0 unspecified atom stereocenters. The first-order valence-electron chi connectivity index (χ1n) is 9.57. The van der Waals surface area contributed by atoms with Crippen molar-refractivity contribution in [2.24, 2.45) is 0 Å². The maximum absolute atomic E-state index is 12.5. The van der Waals surface area contributed by atoms with Crippen molar-refractivity contribution in [3.8, 4) is 0 Å². The Kier molecular flexibility index (Phi) is 5.14. The number of carbonyl (C=O) groups excluding carboxylic acids is 1. The van der Waals surface area contributed by atoms with Crippen molar-refractivity contribution in [3.05, 3.63) is 48.0 Å². The van der Waals surface area contributed by atoms with E-state index in [0.717, 1.165) is 23.3 Å². The van der Waals surface area contributed by atoms with Crippen LogP contribution in [0.3, 0.4) is 0 Å². The van der Waals surface area contributed by atoms with Gasteiger partial charge in [-0.2, -0.15) is 5.10 Å². The fourth-order valence-electron chi connectivity index (χ4n) is 3.49. The number of carbonyl (C=O) groups is 1. The molecular weight excluding hydrogens is 390 g/mol. The van der Waals surface area contributed by atoms with Crippen LogP contribution in [0.25, 0.3) is 10.9 Å². The number of nitrogens with one attached hydrogen (secondary N) is 3. The first-order valence-corrected chi connectivity index (χ1v) is 11.2. The fourth-order valence-corrected chi connectivity index (χ4v) is 5.04. The lowest BCUT2D eigenvalue weighted by atomic mass is 10.1. The number of hydrogen-bond acceptors (Lipinski definition) is 5. The van der Waals surface area contributed by atoms with E-state index in [1.54, 1.807) is 18.2 Å². The van der Waals surface area contributed by atoms with E-state index in [4.69, 9.17) is 0 Å². The van der Waals surface area contributed by atoms with Gasteiger partial charge in [-0.25, -0.2) is 8.42 Å². The normalized spacial score (nSPS) is 15.6. The van der Waals surface area contributed by atoms with Crippen LogP contribution in [0, 0.1) is 0 Å². The molecule has 3 aromatic rings. The van der Waals surface area contributed by atoms with E-state index in [1.165, 1.54) is 4.31 Å². The molecule has 1 aromatic heterocycles. The molecule has 4 rings (SSSR count). The summed E-state index contributed by atoms with van der Waals surface area (Å²) >= 11 is 0. The summed E-state index contributed by atoms with van der Waals surface area (Å²) in [5, 5.41) is 13.8. The second-order valence-corrected chi connectivity index (χ2v) is 9.01. The van der Waals surface area contributed by atoms with Gasteiger partial charge < -0.3 is 10.6 Å². The molecule has 9 heteroatoms. The van der Waals surface area contributed by atoms with Crippen LogP contribution in [0.4, 0.5) is 17.2 Å². The van der Waals surface area contributed by atoms with Gasteiger partial charge in [-0.05, 0) is 49.2 Å². The van der Waals surface area contributed by atoms with E-state index in [0.29, 0.717) is 29.9 Å². The average Bonchev–Trinajstić information content (AvgIpc) is 3.25. The van der Waals surface area contributed by atoms with E-state index in [-0.39, 0.29) is 18.1 Å². The summed E-state index contributed by atoms with van der Waals surface area (Å²) in [7, 11) is -3.27. The fraction of sp³-hybridized carbons (Fsp3) is 0.300. The molecule has 2 heterocycles. The summed E-state index contributed by atoms with van der Waals surface area (Å²) < 4.78 is 25.8. The quantitative estimate of drug-likeness (QED) is 0.576. The summed E-state index contributed by atoms with van der Waals surface area (Å²) in [6, 6.07) is 13.0. The number of aromatic amines is 1. The first kappa shape index (κ1) is 19.3. The van der Waals surface area contributed by atoms with Crippen molar-refractivity contribution in [1.29, 1.82) is 0 Å². The summed E-state index contributed by atoms with van der Waals surface area (Å²) in [6.07, 6.45) is 0.836. The highest BCUT2D eigenvalue weighted by Gasteiger charge is 2.28. The Balaban J connectivity index is 1.51. The van der Waals surface area contributed by atoms with Gasteiger partial charge in [0, 0.05) is 24.2 Å². The minimum Gasteiger partial charge on any atom is -0.385 e. The van der Waals surface area contributed by atoms with Crippen molar-refractivity contribution in [2.45, 2.75) is 19.8 Å². The van der Waals surface area contributed by atoms with Gasteiger partial charge in [0.15, 0.2) is 5.82 Å². The van der Waals surface area contributed by atoms with Gasteiger partial charge in [-0.15, -0.1) is 0 Å². The van der Waals surface area contributed by atoms with Crippen LogP contribution in [0.1, 0.15) is 18.9 Å². The number of aromatic nitrogens is 2. The van der Waals surface area contributed by atoms with Gasteiger partial charge in [-0.1, -0.05) is 12.1 Å². The third kappa shape index (κ3) is 4.04. The lowest BCUT2D eigenvalue weighted by Gasteiger charge is -2.16. The molecule has 1 amide bonds. The van der Waals surface area contributed by atoms with Crippen LogP contribution < -0.4 is 14.9 Å². The Bertz CT molecular complexity index is 1140. The third-order valence-corrected chi connectivity index (χ3v) is 6.76. The molecule has 8 nitrogen and oxygen atoms in total. The molecule has 0 aliphatic carbocycles. The van der Waals surface area contributed by atoms with Crippen molar-refractivity contribution in [3.63, 3.8) is 0 Å². The summed E-state index contributed by atoms with van der Waals surface area (Å²) in [5.74, 6) is 0.369. The summed E-state index contributed by atoms with van der Waals surface area (Å²) in [4.78, 5) is 12.5. The molecule has 2 aromatic carbocycles. The predicted octanol–water partition coefficient (Wildman–Crippen LogP) is 2.72. The molecule has 0 saturated carbocycles. The van der Waals surface area contributed by atoms with Crippen molar-refractivity contribution < 1.29 is 13.2 Å². The zero-order chi connectivity index (χ0) is 20.4. The van der Waals surface area contributed by atoms with Crippen LogP contribution in [0.5, 0.6) is 0 Å². The number of rotatable bonds is 6. The molecule has 0 spiro atoms. The largest absolute Gasteiger partial charge is 0.385 e. The molecule has 0 atom stereocenters. The van der Waals surface area contributed by atoms with Gasteiger partial charge >= 0.3 is 0 Å². The molecule has 3 N–H and O–H groups in total. The van der Waals surface area contributed by atoms with Crippen LogP contribution in [0.2, 0.25) is 0 Å². The van der Waals surface area contributed by atoms with Crippen LogP contribution in [-0.2, 0) is 21.2 Å². The second kappa shape index (κ2) is 7.75. The Morgan fingerprint density at radius 1 is 1.21 bits per heavy atom. The first-order chi connectivity index (χ1) is 14.0. The Labute approximate surface area is 169 Å². The summed E-state index contributed by atoms with van der Waals surface area (Å²) in [6.45, 7) is 3.34. The van der Waals surface area contributed by atoms with Crippen LogP contribution >= 0.6 is 0 Å². The van der Waals surface area contributed by atoms with Crippen molar-refractivity contribution in [1.82, 2.24) is 10.2 Å². The molecule has 29 heavy (non-hydrogen) atoms. The highest BCUT2D eigenvalue weighted by atomic mass is 32.2. The summed E-state index contributed by atoms with van der Waals surface area (Å²) in [5.41, 5.74) is 3.23. The van der Waals surface area contributed by atoms with E-state index >= 15 is 0 Å². The van der Waals surface area contributed by atoms with E-state index in [9.17, 15) is 13.2 Å². The second-order valence-electron chi connectivity index (χ2n) is 7.00. The van der Waals surface area contributed by atoms with E-state index < -0.39 is 10.0 Å². The standard InChI is InChI=1S/C20H23N5O3S/c1-2-21-15-6-4-14(5-7-15)12-19(26)22-20-17-13-16(8-9-18(17)23-24-20)25-10-3-11-29(25,27)28/h4-9,13,21H,2-3,10-12H2,1H3,(H2,22,23,24,26). The molecule has 152 valence electrons. The smallest absolute Gasteiger partial charge is 0.235 e. The molecule has 0 radical (unpaired) electrons. The van der Waals surface area contributed by atoms with E-state index in [2.05, 4.69) is 20.8 Å². The number of benzene rings is 2. The van der Waals surface area contributed by atoms with E-state index in [1.807, 2.05) is 31.2 Å². The van der Waals surface area contributed by atoms with Gasteiger partial charge in [0.2, 0.25) is 15.9 Å². The van der Waals surface area contributed by atoms with Crippen LogP contribution in [0.15, 0.2) is 42.5 Å². The van der Waals surface area contributed by atoms with Gasteiger partial charge in [0.05, 0.1) is 23.4 Å². The number of sulfonamides is 1. The zero-order valence-corrected chi connectivity index (χ0v) is 16.9. The number of hydrogen-bond donors (Lipinski definition) is 3. The maximum atomic E-state index is 12.5. The third-order valence-electron chi connectivity index (χ3n) is 4.89. The SMILES string of the molecule is CCNc1ccc(CC(=O)Nc2n[nH]c3ccc(N4CCCS4(=O)=O)cc23)cc1. The molecule has 1 saturated heterocycles. The lowest BCUT2D eigenvalue weighted by Crippen LogP contribution is -2.24. The number of H-pyrrole nitrogens is 1. The van der Waals surface area contributed by atoms with Gasteiger partial charge in [0.1, 0.15) is 0 Å². The Hall–Kier alpha value is -3.07. The molecule has 1 aliphatic heterocycles. The Morgan fingerprint density at radius 2 is 2.00 bits per heavy atom. The van der Waals surface area contributed by atoms with Gasteiger partial charge in [-0.3, -0.25) is 14.2 Å². The monoisotopic (exact) mass is 413 g/mol.